The van der Waals surface area contributed by atoms with Crippen LogP contribution in [-0.2, 0) is 4.79 Å². The molecule has 0 radical (unpaired) electrons. The standard InChI is InChI=1S/C14H17BrClNO2/c1-4-17(8-10(2)3)14(18)9-19-13-7-11(15)5-6-12(13)16/h5-7H,2,4,8-9H2,1,3H3. The molecule has 0 aromatic heterocycles. The van der Waals surface area contributed by atoms with Crippen molar-refractivity contribution in [1.82, 2.24) is 4.90 Å². The summed E-state index contributed by atoms with van der Waals surface area (Å²) in [6.45, 7) is 8.76. The molecule has 0 atom stereocenters. The highest BCUT2D eigenvalue weighted by molar-refractivity contribution is 9.10. The third-order valence-electron chi connectivity index (χ3n) is 2.44. The summed E-state index contributed by atoms with van der Waals surface area (Å²) in [5.41, 5.74) is 0.940. The third kappa shape index (κ3) is 5.25. The Kier molecular flexibility index (Phi) is 6.38. The van der Waals surface area contributed by atoms with Crippen molar-refractivity contribution in [2.45, 2.75) is 13.8 Å². The topological polar surface area (TPSA) is 29.5 Å². The molecule has 5 heteroatoms. The number of ether oxygens (including phenoxy) is 1. The number of hydrogen-bond acceptors (Lipinski definition) is 2. The van der Waals surface area contributed by atoms with Gasteiger partial charge in [-0.2, -0.15) is 0 Å². The summed E-state index contributed by atoms with van der Waals surface area (Å²) >= 11 is 9.33. The van der Waals surface area contributed by atoms with Crippen molar-refractivity contribution in [1.29, 1.82) is 0 Å². The van der Waals surface area contributed by atoms with Crippen LogP contribution in [0.1, 0.15) is 13.8 Å². The Morgan fingerprint density at radius 2 is 2.21 bits per heavy atom. The van der Waals surface area contributed by atoms with E-state index in [0.29, 0.717) is 23.9 Å². The predicted octanol–water partition coefficient (Wildman–Crippen LogP) is 3.91. The first-order valence-corrected chi connectivity index (χ1v) is 7.11. The van der Waals surface area contributed by atoms with Crippen molar-refractivity contribution in [2.75, 3.05) is 19.7 Å². The Balaban J connectivity index is 2.62. The molecule has 1 aromatic carbocycles. The lowest BCUT2D eigenvalue weighted by molar-refractivity contribution is -0.132. The summed E-state index contributed by atoms with van der Waals surface area (Å²) in [7, 11) is 0. The van der Waals surface area contributed by atoms with Gasteiger partial charge in [-0.15, -0.1) is 0 Å². The zero-order chi connectivity index (χ0) is 14.4. The van der Waals surface area contributed by atoms with E-state index >= 15 is 0 Å². The molecule has 0 fully saturated rings. The van der Waals surface area contributed by atoms with E-state index in [2.05, 4.69) is 22.5 Å². The maximum atomic E-state index is 12.0. The Hall–Kier alpha value is -1.000. The molecule has 1 rings (SSSR count). The van der Waals surface area contributed by atoms with E-state index in [9.17, 15) is 4.79 Å². The average Bonchev–Trinajstić information content (AvgIpc) is 2.36. The largest absolute Gasteiger partial charge is 0.482 e. The van der Waals surface area contributed by atoms with Crippen LogP contribution in [0.5, 0.6) is 5.75 Å². The van der Waals surface area contributed by atoms with Crippen LogP contribution in [0, 0.1) is 0 Å². The first-order valence-electron chi connectivity index (χ1n) is 5.94. The summed E-state index contributed by atoms with van der Waals surface area (Å²) in [4.78, 5) is 13.7. The fraction of sp³-hybridized carbons (Fsp3) is 0.357. The maximum absolute atomic E-state index is 12.0. The molecule has 0 saturated heterocycles. The molecule has 0 unspecified atom stereocenters. The van der Waals surface area contributed by atoms with Crippen molar-refractivity contribution >= 4 is 33.4 Å². The molecule has 1 amide bonds. The van der Waals surface area contributed by atoms with Gasteiger partial charge in [0.25, 0.3) is 5.91 Å². The lowest BCUT2D eigenvalue weighted by atomic mass is 10.3. The van der Waals surface area contributed by atoms with Gasteiger partial charge < -0.3 is 9.64 Å². The second-order valence-electron chi connectivity index (χ2n) is 4.23. The highest BCUT2D eigenvalue weighted by Gasteiger charge is 2.13. The van der Waals surface area contributed by atoms with Crippen LogP contribution in [0.4, 0.5) is 0 Å². The molecule has 3 nitrogen and oxygen atoms in total. The number of halogens is 2. The monoisotopic (exact) mass is 345 g/mol. The summed E-state index contributed by atoms with van der Waals surface area (Å²) in [6.07, 6.45) is 0. The highest BCUT2D eigenvalue weighted by Crippen LogP contribution is 2.27. The normalized spacial score (nSPS) is 10.1. The van der Waals surface area contributed by atoms with Gasteiger partial charge in [0, 0.05) is 17.6 Å². The quantitative estimate of drug-likeness (QED) is 0.731. The van der Waals surface area contributed by atoms with Crippen LogP contribution in [0.15, 0.2) is 34.8 Å². The van der Waals surface area contributed by atoms with Crippen molar-refractivity contribution in [3.8, 4) is 5.75 Å². The second kappa shape index (κ2) is 7.56. The fourth-order valence-electron chi connectivity index (χ4n) is 1.52. The van der Waals surface area contributed by atoms with Gasteiger partial charge in [-0.05, 0) is 32.0 Å². The van der Waals surface area contributed by atoms with Crippen molar-refractivity contribution < 1.29 is 9.53 Å². The lowest BCUT2D eigenvalue weighted by Crippen LogP contribution is -2.35. The minimum absolute atomic E-state index is 0.0305. The third-order valence-corrected chi connectivity index (χ3v) is 3.25. The van der Waals surface area contributed by atoms with E-state index in [1.54, 1.807) is 17.0 Å². The van der Waals surface area contributed by atoms with E-state index in [0.717, 1.165) is 10.0 Å². The summed E-state index contributed by atoms with van der Waals surface area (Å²) in [5.74, 6) is 0.414. The summed E-state index contributed by atoms with van der Waals surface area (Å²) in [5, 5.41) is 0.485. The van der Waals surface area contributed by atoms with E-state index < -0.39 is 0 Å². The summed E-state index contributed by atoms with van der Waals surface area (Å²) in [6, 6.07) is 5.28. The van der Waals surface area contributed by atoms with Gasteiger partial charge in [-0.25, -0.2) is 0 Å². The van der Waals surface area contributed by atoms with E-state index in [-0.39, 0.29) is 12.5 Å². The van der Waals surface area contributed by atoms with E-state index in [4.69, 9.17) is 16.3 Å². The van der Waals surface area contributed by atoms with Crippen LogP contribution in [0.3, 0.4) is 0 Å². The first kappa shape index (κ1) is 16.1. The zero-order valence-electron chi connectivity index (χ0n) is 11.1. The number of rotatable bonds is 6. The Morgan fingerprint density at radius 3 is 2.79 bits per heavy atom. The lowest BCUT2D eigenvalue weighted by Gasteiger charge is -2.21. The van der Waals surface area contributed by atoms with Crippen LogP contribution in [-0.4, -0.2) is 30.5 Å². The number of likely N-dealkylation sites (N-methyl/N-ethyl adjacent to an activating group) is 1. The van der Waals surface area contributed by atoms with Crippen LogP contribution >= 0.6 is 27.5 Å². The number of benzene rings is 1. The minimum atomic E-state index is -0.0819. The zero-order valence-corrected chi connectivity index (χ0v) is 13.4. The molecule has 0 aliphatic carbocycles. The van der Waals surface area contributed by atoms with Gasteiger partial charge in [0.1, 0.15) is 5.75 Å². The van der Waals surface area contributed by atoms with Crippen LogP contribution in [0.2, 0.25) is 5.02 Å². The average molecular weight is 347 g/mol. The van der Waals surface area contributed by atoms with Gasteiger partial charge in [-0.3, -0.25) is 4.79 Å². The van der Waals surface area contributed by atoms with Crippen molar-refractivity contribution in [3.05, 3.63) is 39.8 Å². The molecule has 104 valence electrons. The Morgan fingerprint density at radius 1 is 1.53 bits per heavy atom. The van der Waals surface area contributed by atoms with Gasteiger partial charge in [0.2, 0.25) is 0 Å². The molecule has 0 aliphatic heterocycles. The second-order valence-corrected chi connectivity index (χ2v) is 5.55. The molecule has 0 aliphatic rings. The van der Waals surface area contributed by atoms with Gasteiger partial charge in [0.15, 0.2) is 6.61 Å². The van der Waals surface area contributed by atoms with Crippen molar-refractivity contribution in [2.24, 2.45) is 0 Å². The number of carbonyl (C=O) groups excluding carboxylic acids is 1. The van der Waals surface area contributed by atoms with Crippen LogP contribution in [0.25, 0.3) is 0 Å². The predicted molar refractivity (Wildman–Crippen MR) is 81.7 cm³/mol. The Bertz CT molecular complexity index is 477. The molecule has 19 heavy (non-hydrogen) atoms. The molecule has 1 aromatic rings. The number of carbonyl (C=O) groups is 1. The molecule has 0 saturated carbocycles. The smallest absolute Gasteiger partial charge is 0.260 e. The van der Waals surface area contributed by atoms with Gasteiger partial charge in [-0.1, -0.05) is 39.7 Å². The fourth-order valence-corrected chi connectivity index (χ4v) is 2.03. The van der Waals surface area contributed by atoms with Gasteiger partial charge in [0.05, 0.1) is 5.02 Å². The molecular weight excluding hydrogens is 330 g/mol. The first-order chi connectivity index (χ1) is 8.93. The van der Waals surface area contributed by atoms with Crippen LogP contribution < -0.4 is 4.74 Å². The highest BCUT2D eigenvalue weighted by atomic mass is 79.9. The molecule has 0 spiro atoms. The van der Waals surface area contributed by atoms with E-state index in [1.807, 2.05) is 19.9 Å². The molecule has 0 heterocycles. The SMILES string of the molecule is C=C(C)CN(CC)C(=O)COc1cc(Br)ccc1Cl. The molecule has 0 N–H and O–H groups in total. The molecule has 0 bridgehead atoms. The minimum Gasteiger partial charge on any atom is -0.482 e. The maximum Gasteiger partial charge on any atom is 0.260 e. The Labute approximate surface area is 127 Å². The molecular formula is C14H17BrClNO2. The van der Waals surface area contributed by atoms with Crippen molar-refractivity contribution in [3.63, 3.8) is 0 Å². The summed E-state index contributed by atoms with van der Waals surface area (Å²) < 4.78 is 6.32. The number of amides is 1. The number of hydrogen-bond donors (Lipinski definition) is 0. The van der Waals surface area contributed by atoms with Gasteiger partial charge >= 0.3 is 0 Å². The van der Waals surface area contributed by atoms with E-state index in [1.165, 1.54) is 0 Å². The number of nitrogens with zero attached hydrogens (tertiary/aromatic N) is 1.